The molecule has 1 aliphatic carbocycles. The lowest BCUT2D eigenvalue weighted by Gasteiger charge is -2.44. The van der Waals surface area contributed by atoms with Crippen molar-refractivity contribution in [2.24, 2.45) is 0 Å². The summed E-state index contributed by atoms with van der Waals surface area (Å²) >= 11 is 0. The lowest BCUT2D eigenvalue weighted by Crippen LogP contribution is -2.52. The second-order valence-electron chi connectivity index (χ2n) is 8.04. The Balaban J connectivity index is 1.44. The molecule has 4 atom stereocenters. The highest BCUT2D eigenvalue weighted by molar-refractivity contribution is 5.94. The van der Waals surface area contributed by atoms with E-state index in [1.165, 1.54) is 10.1 Å². The molecule has 30 heavy (non-hydrogen) atoms. The lowest BCUT2D eigenvalue weighted by atomic mass is 9.73. The largest absolute Gasteiger partial charge is 0.454 e. The van der Waals surface area contributed by atoms with E-state index in [-0.39, 0.29) is 18.8 Å². The summed E-state index contributed by atoms with van der Waals surface area (Å²) < 4.78 is 24.1. The van der Waals surface area contributed by atoms with E-state index in [9.17, 15) is 9.59 Å². The molecule has 0 bridgehead atoms. The Bertz CT molecular complexity index is 1080. The van der Waals surface area contributed by atoms with Crippen LogP contribution in [-0.2, 0) is 9.47 Å². The summed E-state index contributed by atoms with van der Waals surface area (Å²) in [5.74, 6) is 0.567. The van der Waals surface area contributed by atoms with E-state index in [1.54, 1.807) is 30.6 Å². The first-order chi connectivity index (χ1) is 14.6. The summed E-state index contributed by atoms with van der Waals surface area (Å²) in [6.45, 7) is 1.03. The van der Waals surface area contributed by atoms with Crippen molar-refractivity contribution in [3.63, 3.8) is 0 Å². The van der Waals surface area contributed by atoms with Gasteiger partial charge in [-0.2, -0.15) is 0 Å². The molecule has 154 valence electrons. The molecular formula is C22H20N2O6. The molecule has 1 fully saturated rings. The zero-order valence-corrected chi connectivity index (χ0v) is 16.3. The number of esters is 1. The molecule has 8 heteroatoms. The van der Waals surface area contributed by atoms with Gasteiger partial charge in [-0.15, -0.1) is 0 Å². The number of rotatable bonds is 1. The molecule has 0 amide bonds. The first-order valence-corrected chi connectivity index (χ1v) is 9.99. The van der Waals surface area contributed by atoms with Crippen molar-refractivity contribution in [1.29, 1.82) is 0 Å². The minimum Gasteiger partial charge on any atom is -0.454 e. The fourth-order valence-electron chi connectivity index (χ4n) is 5.07. The zero-order chi connectivity index (χ0) is 20.4. The van der Waals surface area contributed by atoms with Crippen LogP contribution in [0.1, 0.15) is 28.3 Å². The fraction of sp³-hybridized carbons (Fsp3) is 0.364. The molecule has 0 radical (unpaired) electrons. The van der Waals surface area contributed by atoms with Crippen LogP contribution in [-0.4, -0.2) is 60.2 Å². The van der Waals surface area contributed by atoms with Crippen molar-refractivity contribution in [2.75, 3.05) is 20.4 Å². The van der Waals surface area contributed by atoms with Crippen molar-refractivity contribution in [1.82, 2.24) is 9.47 Å². The van der Waals surface area contributed by atoms with Gasteiger partial charge in [-0.3, -0.25) is 9.47 Å². The second-order valence-corrected chi connectivity index (χ2v) is 8.04. The van der Waals surface area contributed by atoms with Crippen molar-refractivity contribution in [2.45, 2.75) is 30.6 Å². The number of carbonyl (C=O) groups excluding carboxylic acids is 2. The molecule has 0 saturated carbocycles. The third-order valence-electron chi connectivity index (χ3n) is 6.42. The predicted molar refractivity (Wildman–Crippen MR) is 104 cm³/mol. The third kappa shape index (κ3) is 2.50. The van der Waals surface area contributed by atoms with E-state index in [4.69, 9.17) is 18.9 Å². The molecule has 0 unspecified atom stereocenters. The maximum atomic E-state index is 12.9. The molecule has 1 saturated heterocycles. The standard InChI is InChI=1S/C22H20N2O6/c1-23-7-4-12-8-17(29-22(26)24-5-2-3-6-24)20-18(19(12)23)13-9-15-16(28-11-27-15)10-14(13)21(25)30-20/h2-3,5-6,8-10,17-20H,4,7,11H2,1H3/t17-,18-,19+,20+/m0/s1. The second kappa shape index (κ2) is 6.37. The number of hydrogen-bond acceptors (Lipinski definition) is 7. The van der Waals surface area contributed by atoms with Crippen molar-refractivity contribution in [3.8, 4) is 11.5 Å². The van der Waals surface area contributed by atoms with E-state index < -0.39 is 24.3 Å². The molecule has 2 aromatic rings. The third-order valence-corrected chi connectivity index (χ3v) is 6.42. The van der Waals surface area contributed by atoms with Gasteiger partial charge in [-0.05, 0) is 49.4 Å². The van der Waals surface area contributed by atoms with Crippen LogP contribution in [0.3, 0.4) is 0 Å². The normalized spacial score (nSPS) is 28.8. The molecule has 8 nitrogen and oxygen atoms in total. The summed E-state index contributed by atoms with van der Waals surface area (Å²) in [4.78, 5) is 27.7. The first-order valence-electron chi connectivity index (χ1n) is 9.99. The van der Waals surface area contributed by atoms with Crippen molar-refractivity contribution in [3.05, 3.63) is 59.4 Å². The van der Waals surface area contributed by atoms with Crippen LogP contribution in [0.4, 0.5) is 4.79 Å². The Hall–Kier alpha value is -3.26. The quantitative estimate of drug-likeness (QED) is 0.530. The number of benzene rings is 1. The maximum Gasteiger partial charge on any atom is 0.418 e. The number of fused-ring (bicyclic) bond motifs is 6. The Morgan fingerprint density at radius 3 is 2.73 bits per heavy atom. The fourth-order valence-corrected chi connectivity index (χ4v) is 5.07. The van der Waals surface area contributed by atoms with Gasteiger partial charge in [-0.1, -0.05) is 5.57 Å². The van der Waals surface area contributed by atoms with Gasteiger partial charge in [0.2, 0.25) is 6.79 Å². The topological polar surface area (TPSA) is 79.2 Å². The molecule has 1 aromatic carbocycles. The molecule has 4 aliphatic rings. The summed E-state index contributed by atoms with van der Waals surface area (Å²) in [7, 11) is 2.07. The van der Waals surface area contributed by atoms with E-state index in [0.29, 0.717) is 17.1 Å². The average molecular weight is 408 g/mol. The number of ether oxygens (including phenoxy) is 4. The Morgan fingerprint density at radius 1 is 1.17 bits per heavy atom. The van der Waals surface area contributed by atoms with E-state index >= 15 is 0 Å². The van der Waals surface area contributed by atoms with Gasteiger partial charge in [0.05, 0.1) is 5.56 Å². The summed E-state index contributed by atoms with van der Waals surface area (Å²) in [5.41, 5.74) is 2.54. The number of likely N-dealkylation sites (tertiary alicyclic amines) is 1. The molecule has 3 aliphatic heterocycles. The van der Waals surface area contributed by atoms with Crippen LogP contribution in [0.15, 0.2) is 48.3 Å². The van der Waals surface area contributed by atoms with Crippen LogP contribution in [0, 0.1) is 0 Å². The van der Waals surface area contributed by atoms with Gasteiger partial charge in [0, 0.05) is 30.9 Å². The number of aromatic nitrogens is 1. The Labute approximate surface area is 172 Å². The summed E-state index contributed by atoms with van der Waals surface area (Å²) in [6, 6.07) is 7.17. The molecule has 6 rings (SSSR count). The molecule has 0 spiro atoms. The number of nitrogens with zero attached hydrogens (tertiary/aromatic N) is 2. The van der Waals surface area contributed by atoms with Gasteiger partial charge in [-0.25, -0.2) is 9.59 Å². The smallest absolute Gasteiger partial charge is 0.418 e. The highest BCUT2D eigenvalue weighted by Crippen LogP contribution is 2.49. The highest BCUT2D eigenvalue weighted by atomic mass is 16.7. The SMILES string of the molecule is CN1CCC2=C[C@H](OC(=O)n3cccc3)[C@H]3OC(=O)c4cc5c(cc4[C@H]3[C@@H]21)OCO5. The number of likely N-dealkylation sites (N-methyl/N-ethyl adjacent to an activating group) is 1. The number of hydrogen-bond donors (Lipinski definition) is 0. The molecular weight excluding hydrogens is 388 g/mol. The minimum atomic E-state index is -0.662. The number of carbonyl (C=O) groups is 2. The highest BCUT2D eigenvalue weighted by Gasteiger charge is 2.52. The Morgan fingerprint density at radius 2 is 1.93 bits per heavy atom. The van der Waals surface area contributed by atoms with Crippen LogP contribution >= 0.6 is 0 Å². The van der Waals surface area contributed by atoms with Gasteiger partial charge in [0.25, 0.3) is 0 Å². The first kappa shape index (κ1) is 17.6. The van der Waals surface area contributed by atoms with Crippen LogP contribution in [0.25, 0.3) is 0 Å². The van der Waals surface area contributed by atoms with Crippen molar-refractivity contribution >= 4 is 12.1 Å². The summed E-state index contributed by atoms with van der Waals surface area (Å²) in [6.07, 6.45) is 4.33. The van der Waals surface area contributed by atoms with Crippen LogP contribution in [0.5, 0.6) is 11.5 Å². The summed E-state index contributed by atoms with van der Waals surface area (Å²) in [5, 5.41) is 0. The van der Waals surface area contributed by atoms with Gasteiger partial charge in [0.15, 0.2) is 23.7 Å². The van der Waals surface area contributed by atoms with Gasteiger partial charge >= 0.3 is 12.1 Å². The van der Waals surface area contributed by atoms with E-state index in [0.717, 1.165) is 18.5 Å². The van der Waals surface area contributed by atoms with E-state index in [2.05, 4.69) is 11.9 Å². The Kier molecular flexibility index (Phi) is 3.73. The molecule has 1 aromatic heterocycles. The minimum absolute atomic E-state index is 0.0729. The predicted octanol–water partition coefficient (Wildman–Crippen LogP) is 2.54. The van der Waals surface area contributed by atoms with Crippen LogP contribution < -0.4 is 9.47 Å². The van der Waals surface area contributed by atoms with Gasteiger partial charge < -0.3 is 18.9 Å². The average Bonchev–Trinajstić information content (AvgIpc) is 3.48. The van der Waals surface area contributed by atoms with E-state index in [1.807, 2.05) is 12.1 Å². The van der Waals surface area contributed by atoms with Gasteiger partial charge in [0.1, 0.15) is 0 Å². The van der Waals surface area contributed by atoms with Crippen LogP contribution in [0.2, 0.25) is 0 Å². The monoisotopic (exact) mass is 408 g/mol. The maximum absolute atomic E-state index is 12.9. The molecule has 0 N–H and O–H groups in total. The van der Waals surface area contributed by atoms with Crippen molar-refractivity contribution < 1.29 is 28.5 Å². The molecule has 4 heterocycles. The zero-order valence-electron chi connectivity index (χ0n) is 16.3. The lowest BCUT2D eigenvalue weighted by molar-refractivity contribution is -0.0385.